The van der Waals surface area contributed by atoms with E-state index in [1.807, 2.05) is 42.5 Å². The zero-order valence-corrected chi connectivity index (χ0v) is 15.2. The highest BCUT2D eigenvalue weighted by Gasteiger charge is 2.30. The molecule has 3 aromatic rings. The number of ether oxygens (including phenoxy) is 1. The first-order valence-corrected chi connectivity index (χ1v) is 8.61. The molecular weight excluding hydrogens is 369 g/mol. The average molecular weight is 388 g/mol. The van der Waals surface area contributed by atoms with Gasteiger partial charge in [-0.3, -0.25) is 0 Å². The standard InChI is InChI=1S/C21H19F3N2O2/c1-26(14-16-6-9-17-4-2-3-5-18(17)12-16)20(27)25-13-15-7-10-19(11-8-15)28-21(22,23)24/h2-12H,13-14H2,1H3,(H,25,27). The quantitative estimate of drug-likeness (QED) is 0.662. The summed E-state index contributed by atoms with van der Waals surface area (Å²) in [4.78, 5) is 13.8. The highest BCUT2D eigenvalue weighted by atomic mass is 19.4. The first kappa shape index (κ1) is 19.5. The van der Waals surface area contributed by atoms with E-state index in [2.05, 4.69) is 10.1 Å². The van der Waals surface area contributed by atoms with Gasteiger partial charge in [-0.2, -0.15) is 0 Å². The van der Waals surface area contributed by atoms with Gasteiger partial charge in [-0.15, -0.1) is 13.2 Å². The largest absolute Gasteiger partial charge is 0.573 e. The van der Waals surface area contributed by atoms with Crippen LogP contribution in [0.3, 0.4) is 0 Å². The van der Waals surface area contributed by atoms with Crippen molar-refractivity contribution in [3.63, 3.8) is 0 Å². The van der Waals surface area contributed by atoms with Crippen LogP contribution in [0.4, 0.5) is 18.0 Å². The third-order valence-corrected chi connectivity index (χ3v) is 4.18. The van der Waals surface area contributed by atoms with E-state index in [0.29, 0.717) is 12.1 Å². The predicted molar refractivity (Wildman–Crippen MR) is 101 cm³/mol. The monoisotopic (exact) mass is 388 g/mol. The van der Waals surface area contributed by atoms with Gasteiger partial charge >= 0.3 is 12.4 Å². The average Bonchev–Trinajstić information content (AvgIpc) is 2.66. The van der Waals surface area contributed by atoms with Gasteiger partial charge in [-0.05, 0) is 40.1 Å². The Labute approximate surface area is 160 Å². The molecule has 0 aliphatic rings. The first-order valence-electron chi connectivity index (χ1n) is 8.61. The van der Waals surface area contributed by atoms with Crippen LogP contribution >= 0.6 is 0 Å². The summed E-state index contributed by atoms with van der Waals surface area (Å²) in [6.45, 7) is 0.641. The summed E-state index contributed by atoms with van der Waals surface area (Å²) in [6, 6.07) is 19.1. The van der Waals surface area contributed by atoms with Crippen LogP contribution in [0.5, 0.6) is 5.75 Å². The van der Waals surface area contributed by atoms with Crippen LogP contribution in [0.2, 0.25) is 0 Å². The van der Waals surface area contributed by atoms with Gasteiger partial charge in [0.05, 0.1) is 0 Å². The number of benzene rings is 3. The molecule has 0 atom stereocenters. The molecule has 0 unspecified atom stereocenters. The fourth-order valence-electron chi connectivity index (χ4n) is 2.80. The smallest absolute Gasteiger partial charge is 0.406 e. The fraction of sp³-hybridized carbons (Fsp3) is 0.190. The van der Waals surface area contributed by atoms with Gasteiger partial charge < -0.3 is 15.0 Å². The van der Waals surface area contributed by atoms with E-state index >= 15 is 0 Å². The summed E-state index contributed by atoms with van der Waals surface area (Å²) in [5, 5.41) is 4.99. The second kappa shape index (κ2) is 8.21. The molecule has 0 heterocycles. The lowest BCUT2D eigenvalue weighted by atomic mass is 10.1. The number of amides is 2. The van der Waals surface area contributed by atoms with Crippen molar-refractivity contribution in [3.8, 4) is 5.75 Å². The Hall–Kier alpha value is -3.22. The van der Waals surface area contributed by atoms with E-state index in [-0.39, 0.29) is 18.3 Å². The number of rotatable bonds is 5. The van der Waals surface area contributed by atoms with Crippen molar-refractivity contribution in [2.75, 3.05) is 7.05 Å². The summed E-state index contributed by atoms with van der Waals surface area (Å²) in [6.07, 6.45) is -4.72. The number of carbonyl (C=O) groups is 1. The first-order chi connectivity index (χ1) is 13.3. The number of hydrogen-bond donors (Lipinski definition) is 1. The molecule has 0 bridgehead atoms. The van der Waals surface area contributed by atoms with Crippen molar-refractivity contribution in [3.05, 3.63) is 77.9 Å². The Morgan fingerprint density at radius 3 is 2.29 bits per heavy atom. The van der Waals surface area contributed by atoms with Crippen LogP contribution in [-0.4, -0.2) is 24.3 Å². The van der Waals surface area contributed by atoms with E-state index in [1.165, 1.54) is 24.3 Å². The molecule has 4 nitrogen and oxygen atoms in total. The van der Waals surface area contributed by atoms with Crippen molar-refractivity contribution < 1.29 is 22.7 Å². The minimum Gasteiger partial charge on any atom is -0.406 e. The minimum absolute atomic E-state index is 0.202. The number of carbonyl (C=O) groups excluding carboxylic acids is 1. The van der Waals surface area contributed by atoms with E-state index in [9.17, 15) is 18.0 Å². The summed E-state index contributed by atoms with van der Waals surface area (Å²) in [5.74, 6) is -0.295. The molecule has 0 aliphatic carbocycles. The van der Waals surface area contributed by atoms with Gasteiger partial charge in [0.15, 0.2) is 0 Å². The number of nitrogens with zero attached hydrogens (tertiary/aromatic N) is 1. The molecule has 0 spiro atoms. The normalized spacial score (nSPS) is 11.3. The second-order valence-electron chi connectivity index (χ2n) is 6.39. The molecule has 3 rings (SSSR count). The molecule has 146 valence electrons. The molecule has 3 aromatic carbocycles. The minimum atomic E-state index is -4.72. The van der Waals surface area contributed by atoms with Crippen molar-refractivity contribution in [1.82, 2.24) is 10.2 Å². The zero-order chi connectivity index (χ0) is 20.1. The molecule has 28 heavy (non-hydrogen) atoms. The van der Waals surface area contributed by atoms with Crippen molar-refractivity contribution in [2.24, 2.45) is 0 Å². The van der Waals surface area contributed by atoms with Crippen molar-refractivity contribution in [2.45, 2.75) is 19.5 Å². The molecule has 7 heteroatoms. The van der Waals surface area contributed by atoms with Gasteiger partial charge in [-0.1, -0.05) is 48.5 Å². The molecule has 1 N–H and O–H groups in total. The third-order valence-electron chi connectivity index (χ3n) is 4.18. The van der Waals surface area contributed by atoms with Gasteiger partial charge in [-0.25, -0.2) is 4.79 Å². The Bertz CT molecular complexity index is 956. The topological polar surface area (TPSA) is 41.6 Å². The number of urea groups is 1. The lowest BCUT2D eigenvalue weighted by Crippen LogP contribution is -2.36. The van der Waals surface area contributed by atoms with E-state index in [1.54, 1.807) is 11.9 Å². The Kier molecular flexibility index (Phi) is 5.73. The second-order valence-corrected chi connectivity index (χ2v) is 6.39. The predicted octanol–water partition coefficient (Wildman–Crippen LogP) is 5.08. The number of fused-ring (bicyclic) bond motifs is 1. The van der Waals surface area contributed by atoms with Crippen LogP contribution in [0.25, 0.3) is 10.8 Å². The molecule has 0 aromatic heterocycles. The molecule has 0 aliphatic heterocycles. The van der Waals surface area contributed by atoms with Crippen molar-refractivity contribution >= 4 is 16.8 Å². The fourth-order valence-corrected chi connectivity index (χ4v) is 2.80. The maximum Gasteiger partial charge on any atom is 0.573 e. The number of halogens is 3. The van der Waals surface area contributed by atoms with Gasteiger partial charge in [0.1, 0.15) is 5.75 Å². The summed E-state index contributed by atoms with van der Waals surface area (Å²) in [5.41, 5.74) is 1.67. The molecular formula is C21H19F3N2O2. The Morgan fingerprint density at radius 2 is 1.61 bits per heavy atom. The molecule has 0 fully saturated rings. The summed E-state index contributed by atoms with van der Waals surface area (Å²) < 4.78 is 40.3. The van der Waals surface area contributed by atoms with Crippen LogP contribution in [0.1, 0.15) is 11.1 Å². The van der Waals surface area contributed by atoms with Crippen molar-refractivity contribution in [1.29, 1.82) is 0 Å². The van der Waals surface area contributed by atoms with E-state index in [4.69, 9.17) is 0 Å². The van der Waals surface area contributed by atoms with Crippen LogP contribution in [0.15, 0.2) is 66.7 Å². The molecule has 2 amide bonds. The van der Waals surface area contributed by atoms with Gasteiger partial charge in [0, 0.05) is 20.1 Å². The molecule has 0 radical (unpaired) electrons. The zero-order valence-electron chi connectivity index (χ0n) is 15.2. The van der Waals surface area contributed by atoms with Gasteiger partial charge in [0.2, 0.25) is 0 Å². The maximum atomic E-state index is 12.3. The van der Waals surface area contributed by atoms with E-state index < -0.39 is 6.36 Å². The number of hydrogen-bond acceptors (Lipinski definition) is 2. The Morgan fingerprint density at radius 1 is 0.964 bits per heavy atom. The summed E-state index contributed by atoms with van der Waals surface area (Å²) in [7, 11) is 1.69. The third kappa shape index (κ3) is 5.39. The van der Waals surface area contributed by atoms with Crippen LogP contribution in [0, 0.1) is 0 Å². The maximum absolute atomic E-state index is 12.3. The van der Waals surface area contributed by atoms with Crippen LogP contribution < -0.4 is 10.1 Å². The van der Waals surface area contributed by atoms with Gasteiger partial charge in [0.25, 0.3) is 0 Å². The lowest BCUT2D eigenvalue weighted by Gasteiger charge is -2.18. The number of nitrogens with one attached hydrogen (secondary N) is 1. The SMILES string of the molecule is CN(Cc1ccc2ccccc2c1)C(=O)NCc1ccc(OC(F)(F)F)cc1. The molecule has 0 saturated carbocycles. The highest BCUT2D eigenvalue weighted by Crippen LogP contribution is 2.22. The summed E-state index contributed by atoms with van der Waals surface area (Å²) >= 11 is 0. The Balaban J connectivity index is 1.53. The highest BCUT2D eigenvalue weighted by molar-refractivity contribution is 5.83. The molecule has 0 saturated heterocycles. The van der Waals surface area contributed by atoms with E-state index in [0.717, 1.165) is 16.3 Å². The lowest BCUT2D eigenvalue weighted by molar-refractivity contribution is -0.274. The van der Waals surface area contributed by atoms with Crippen LogP contribution in [-0.2, 0) is 13.1 Å². The number of alkyl halides is 3.